The molecule has 3 rings (SSSR count). The van der Waals surface area contributed by atoms with Gasteiger partial charge >= 0.3 is 0 Å². The standard InChI is InChI=1S/C22H25ClN2O3/c1-15-9-10-20(19(23)13-15)25-21(26)11-12-24-22(27)16-5-4-8-18(14-16)28-17-6-2-3-7-17/h4-5,8-10,13-14,17H,2-3,6-7,11-12H2,1H3,(H,24,27)(H,25,26). The second-order valence-corrected chi connectivity index (χ2v) is 7.50. The van der Waals surface area contributed by atoms with Gasteiger partial charge in [0.2, 0.25) is 5.91 Å². The van der Waals surface area contributed by atoms with E-state index in [1.807, 2.05) is 25.1 Å². The van der Waals surface area contributed by atoms with Crippen LogP contribution in [0.15, 0.2) is 42.5 Å². The van der Waals surface area contributed by atoms with Crippen LogP contribution >= 0.6 is 11.6 Å². The maximum atomic E-state index is 12.3. The molecule has 148 valence electrons. The summed E-state index contributed by atoms with van der Waals surface area (Å²) < 4.78 is 5.94. The first-order chi connectivity index (χ1) is 13.5. The van der Waals surface area contributed by atoms with Gasteiger partial charge in [0.25, 0.3) is 5.91 Å². The molecule has 1 saturated carbocycles. The van der Waals surface area contributed by atoms with E-state index >= 15 is 0 Å². The Morgan fingerprint density at radius 2 is 1.93 bits per heavy atom. The van der Waals surface area contributed by atoms with Gasteiger partial charge in [0.1, 0.15) is 5.75 Å². The lowest BCUT2D eigenvalue weighted by Crippen LogP contribution is -2.27. The molecule has 0 saturated heterocycles. The Morgan fingerprint density at radius 3 is 2.68 bits per heavy atom. The number of aryl methyl sites for hydroxylation is 1. The van der Waals surface area contributed by atoms with Crippen LogP contribution in [0.25, 0.3) is 0 Å². The zero-order valence-corrected chi connectivity index (χ0v) is 16.7. The summed E-state index contributed by atoms with van der Waals surface area (Å²) >= 11 is 6.12. The summed E-state index contributed by atoms with van der Waals surface area (Å²) in [4.78, 5) is 24.4. The van der Waals surface area contributed by atoms with Crippen LogP contribution in [-0.4, -0.2) is 24.5 Å². The van der Waals surface area contributed by atoms with E-state index in [1.165, 1.54) is 12.8 Å². The van der Waals surface area contributed by atoms with Crippen molar-refractivity contribution in [1.82, 2.24) is 5.32 Å². The summed E-state index contributed by atoms with van der Waals surface area (Å²) in [6, 6.07) is 12.6. The number of halogens is 1. The summed E-state index contributed by atoms with van der Waals surface area (Å²) in [5, 5.41) is 6.03. The van der Waals surface area contributed by atoms with Gasteiger partial charge < -0.3 is 15.4 Å². The van der Waals surface area contributed by atoms with Crippen molar-refractivity contribution in [3.63, 3.8) is 0 Å². The third-order valence-electron chi connectivity index (χ3n) is 4.74. The van der Waals surface area contributed by atoms with Crippen LogP contribution in [0.2, 0.25) is 5.02 Å². The van der Waals surface area contributed by atoms with Crippen molar-refractivity contribution in [1.29, 1.82) is 0 Å². The number of hydrogen-bond donors (Lipinski definition) is 2. The first-order valence-electron chi connectivity index (χ1n) is 9.62. The predicted molar refractivity (Wildman–Crippen MR) is 111 cm³/mol. The van der Waals surface area contributed by atoms with E-state index in [9.17, 15) is 9.59 Å². The molecule has 0 bridgehead atoms. The maximum Gasteiger partial charge on any atom is 0.251 e. The predicted octanol–water partition coefficient (Wildman–Crippen LogP) is 4.73. The van der Waals surface area contributed by atoms with Crippen LogP contribution < -0.4 is 15.4 Å². The van der Waals surface area contributed by atoms with Crippen LogP contribution in [-0.2, 0) is 4.79 Å². The molecule has 0 radical (unpaired) electrons. The highest BCUT2D eigenvalue weighted by Gasteiger charge is 2.17. The SMILES string of the molecule is Cc1ccc(NC(=O)CCNC(=O)c2cccc(OC3CCCC3)c2)c(Cl)c1. The fourth-order valence-electron chi connectivity index (χ4n) is 3.24. The lowest BCUT2D eigenvalue weighted by molar-refractivity contribution is -0.116. The van der Waals surface area contributed by atoms with Gasteiger partial charge in [-0.2, -0.15) is 0 Å². The summed E-state index contributed by atoms with van der Waals surface area (Å²) in [5.41, 5.74) is 2.12. The monoisotopic (exact) mass is 400 g/mol. The van der Waals surface area contributed by atoms with E-state index in [0.29, 0.717) is 22.0 Å². The molecule has 2 N–H and O–H groups in total. The van der Waals surface area contributed by atoms with Gasteiger partial charge in [0, 0.05) is 18.5 Å². The highest BCUT2D eigenvalue weighted by Crippen LogP contribution is 2.25. The fraction of sp³-hybridized carbons (Fsp3) is 0.364. The van der Waals surface area contributed by atoms with E-state index < -0.39 is 0 Å². The smallest absolute Gasteiger partial charge is 0.251 e. The summed E-state index contributed by atoms with van der Waals surface area (Å²) in [7, 11) is 0. The second kappa shape index (κ2) is 9.60. The van der Waals surface area contributed by atoms with Gasteiger partial charge in [-0.25, -0.2) is 0 Å². The van der Waals surface area contributed by atoms with Crippen LogP contribution in [0.4, 0.5) is 5.69 Å². The normalized spacial score (nSPS) is 13.9. The zero-order valence-electron chi connectivity index (χ0n) is 16.0. The third-order valence-corrected chi connectivity index (χ3v) is 5.05. The van der Waals surface area contributed by atoms with Crippen molar-refractivity contribution in [3.05, 3.63) is 58.6 Å². The van der Waals surface area contributed by atoms with Crippen molar-refractivity contribution in [2.75, 3.05) is 11.9 Å². The van der Waals surface area contributed by atoms with Gasteiger partial charge in [-0.15, -0.1) is 0 Å². The second-order valence-electron chi connectivity index (χ2n) is 7.09. The molecule has 5 nitrogen and oxygen atoms in total. The fourth-order valence-corrected chi connectivity index (χ4v) is 3.52. The van der Waals surface area contributed by atoms with E-state index in [4.69, 9.17) is 16.3 Å². The number of rotatable bonds is 7. The van der Waals surface area contributed by atoms with Gasteiger partial charge in [0.15, 0.2) is 0 Å². The lowest BCUT2D eigenvalue weighted by atomic mass is 10.2. The molecular weight excluding hydrogens is 376 g/mol. The highest BCUT2D eigenvalue weighted by atomic mass is 35.5. The van der Waals surface area contributed by atoms with Gasteiger partial charge in [-0.3, -0.25) is 9.59 Å². The number of anilines is 1. The van der Waals surface area contributed by atoms with Crippen LogP contribution in [0, 0.1) is 6.92 Å². The molecule has 28 heavy (non-hydrogen) atoms. The van der Waals surface area contributed by atoms with E-state index in [-0.39, 0.29) is 30.9 Å². The highest BCUT2D eigenvalue weighted by molar-refractivity contribution is 6.33. The topological polar surface area (TPSA) is 67.4 Å². The Labute approximate surface area is 170 Å². The number of carbonyl (C=O) groups excluding carboxylic acids is 2. The van der Waals surface area contributed by atoms with E-state index in [2.05, 4.69) is 10.6 Å². The van der Waals surface area contributed by atoms with Crippen molar-refractivity contribution in [3.8, 4) is 5.75 Å². The lowest BCUT2D eigenvalue weighted by Gasteiger charge is -2.14. The minimum atomic E-state index is -0.224. The summed E-state index contributed by atoms with van der Waals surface area (Å²) in [6.45, 7) is 2.17. The Kier molecular flexibility index (Phi) is 6.93. The maximum absolute atomic E-state index is 12.3. The van der Waals surface area contributed by atoms with Crippen molar-refractivity contribution in [2.24, 2.45) is 0 Å². The number of benzene rings is 2. The zero-order chi connectivity index (χ0) is 19.9. The largest absolute Gasteiger partial charge is 0.490 e. The van der Waals surface area contributed by atoms with Crippen LogP contribution in [0.1, 0.15) is 48.0 Å². The minimum Gasteiger partial charge on any atom is -0.490 e. The number of ether oxygens (including phenoxy) is 1. The molecule has 6 heteroatoms. The molecular formula is C22H25ClN2O3. The molecule has 2 aromatic carbocycles. The first kappa shape index (κ1) is 20.2. The minimum absolute atomic E-state index is 0.161. The van der Waals surface area contributed by atoms with Gasteiger partial charge in [-0.1, -0.05) is 23.7 Å². The molecule has 1 fully saturated rings. The Morgan fingerprint density at radius 1 is 1.14 bits per heavy atom. The third kappa shape index (κ3) is 5.73. The molecule has 2 aromatic rings. The van der Waals surface area contributed by atoms with Gasteiger partial charge in [-0.05, 0) is 68.5 Å². The Bertz CT molecular complexity index is 847. The molecule has 0 aliphatic heterocycles. The van der Waals surface area contributed by atoms with Crippen molar-refractivity contribution >= 4 is 29.1 Å². The molecule has 0 heterocycles. The first-order valence-corrected chi connectivity index (χ1v) is 10.00. The number of carbonyl (C=O) groups is 2. The average Bonchev–Trinajstić information content (AvgIpc) is 3.17. The van der Waals surface area contributed by atoms with Gasteiger partial charge in [0.05, 0.1) is 16.8 Å². The van der Waals surface area contributed by atoms with E-state index in [1.54, 1.807) is 24.3 Å². The number of hydrogen-bond acceptors (Lipinski definition) is 3. The van der Waals surface area contributed by atoms with Crippen LogP contribution in [0.3, 0.4) is 0 Å². The Hall–Kier alpha value is -2.53. The van der Waals surface area contributed by atoms with Crippen molar-refractivity contribution < 1.29 is 14.3 Å². The molecule has 0 unspecified atom stereocenters. The molecule has 0 atom stereocenters. The molecule has 2 amide bonds. The summed E-state index contributed by atoms with van der Waals surface area (Å²) in [6.07, 6.45) is 4.93. The molecule has 1 aliphatic carbocycles. The molecule has 1 aliphatic rings. The molecule has 0 spiro atoms. The van der Waals surface area contributed by atoms with E-state index in [0.717, 1.165) is 18.4 Å². The quantitative estimate of drug-likeness (QED) is 0.706. The van der Waals surface area contributed by atoms with Crippen LogP contribution in [0.5, 0.6) is 5.75 Å². The average molecular weight is 401 g/mol. The summed E-state index contributed by atoms with van der Waals surface area (Å²) in [5.74, 6) is 0.286. The Balaban J connectivity index is 1.46. The van der Waals surface area contributed by atoms with Crippen molar-refractivity contribution in [2.45, 2.75) is 45.1 Å². The number of nitrogens with one attached hydrogen (secondary N) is 2. The number of amides is 2. The molecule has 0 aromatic heterocycles.